The first-order valence-electron chi connectivity index (χ1n) is 17.8. The summed E-state index contributed by atoms with van der Waals surface area (Å²) in [7, 11) is 1.50. The number of esters is 1. The van der Waals surface area contributed by atoms with Gasteiger partial charge in [-0.15, -0.1) is 0 Å². The van der Waals surface area contributed by atoms with E-state index >= 15 is 0 Å². The van der Waals surface area contributed by atoms with E-state index in [1.165, 1.54) is 64.9 Å². The van der Waals surface area contributed by atoms with Gasteiger partial charge in [-0.3, -0.25) is 4.79 Å². The van der Waals surface area contributed by atoms with Gasteiger partial charge in [-0.1, -0.05) is 20.8 Å². The maximum absolute atomic E-state index is 11.8. The predicted molar refractivity (Wildman–Crippen MR) is 172 cm³/mol. The van der Waals surface area contributed by atoms with Crippen molar-refractivity contribution in [2.45, 2.75) is 123 Å². The molecule has 10 unspecified atom stereocenters. The van der Waals surface area contributed by atoms with E-state index in [0.29, 0.717) is 41.5 Å². The number of unbranched alkanes of at least 4 members (excludes halogenated alkanes) is 1. The van der Waals surface area contributed by atoms with Crippen LogP contribution in [0.4, 0.5) is 0 Å². The van der Waals surface area contributed by atoms with E-state index in [1.807, 2.05) is 0 Å². The number of hydrogen-bond donors (Lipinski definition) is 5. The lowest BCUT2D eigenvalue weighted by Crippen LogP contribution is -2.59. The lowest BCUT2D eigenvalue weighted by Gasteiger charge is -2.62. The lowest BCUT2D eigenvalue weighted by molar-refractivity contribution is -0.162. The smallest absolute Gasteiger partial charge is 0.305 e. The summed E-state index contributed by atoms with van der Waals surface area (Å²) in [6.45, 7) is 13.6. The second kappa shape index (κ2) is 16.0. The number of ether oxygens (including phenoxy) is 1. The highest BCUT2D eigenvalue weighted by Gasteiger charge is 2.62. The summed E-state index contributed by atoms with van der Waals surface area (Å²) in [5.74, 6) is 3.75. The van der Waals surface area contributed by atoms with E-state index in [0.717, 1.165) is 76.8 Å². The Kier molecular flexibility index (Phi) is 13.0. The molecule has 0 amide bonds. The van der Waals surface area contributed by atoms with Gasteiger partial charge >= 0.3 is 5.97 Å². The van der Waals surface area contributed by atoms with Gasteiger partial charge < -0.3 is 31.5 Å². The Morgan fingerprint density at radius 3 is 2.26 bits per heavy atom. The molecule has 6 N–H and O–H groups in total. The molecule has 4 fully saturated rings. The van der Waals surface area contributed by atoms with Crippen LogP contribution in [0.1, 0.15) is 111 Å². The number of hydrogen-bond acceptors (Lipinski definition) is 7. The lowest BCUT2D eigenvalue weighted by atomic mass is 9.43. The Bertz CT molecular complexity index is 828. The van der Waals surface area contributed by atoms with E-state index in [-0.39, 0.29) is 17.5 Å². The van der Waals surface area contributed by atoms with Gasteiger partial charge in [0.25, 0.3) is 0 Å². The van der Waals surface area contributed by atoms with E-state index in [9.17, 15) is 9.90 Å². The molecule has 0 bridgehead atoms. The highest BCUT2D eigenvalue weighted by Crippen LogP contribution is 2.68. The van der Waals surface area contributed by atoms with Crippen LogP contribution < -0.4 is 21.7 Å². The van der Waals surface area contributed by atoms with Crippen LogP contribution >= 0.6 is 0 Å². The summed E-state index contributed by atoms with van der Waals surface area (Å²) in [4.78, 5) is 11.8. The Labute approximate surface area is 257 Å². The number of nitrogens with one attached hydrogen (secondary N) is 3. The normalized spacial score (nSPS) is 38.4. The van der Waals surface area contributed by atoms with E-state index < -0.39 is 0 Å². The number of nitrogens with two attached hydrogens (primary N) is 1. The van der Waals surface area contributed by atoms with Gasteiger partial charge in [0.15, 0.2) is 0 Å². The van der Waals surface area contributed by atoms with Crippen molar-refractivity contribution in [3.63, 3.8) is 0 Å². The average Bonchev–Trinajstić information content (AvgIpc) is 3.34. The number of rotatable bonds is 17. The Balaban J connectivity index is 1.20. The molecule has 4 aliphatic carbocycles. The largest absolute Gasteiger partial charge is 0.469 e. The molecule has 0 radical (unpaired) electrons. The van der Waals surface area contributed by atoms with Crippen molar-refractivity contribution in [1.82, 2.24) is 16.0 Å². The molecular weight excluding hydrogens is 524 g/mol. The minimum absolute atomic E-state index is 0.0739. The van der Waals surface area contributed by atoms with Crippen LogP contribution in [-0.4, -0.2) is 69.6 Å². The molecule has 244 valence electrons. The third-order valence-electron chi connectivity index (χ3n) is 12.9. The first kappa shape index (κ1) is 34.1. The summed E-state index contributed by atoms with van der Waals surface area (Å²) in [6, 6.07) is 0.550. The van der Waals surface area contributed by atoms with Gasteiger partial charge in [0.05, 0.1) is 13.2 Å². The molecule has 4 aliphatic rings. The molecule has 0 aliphatic heterocycles. The minimum atomic E-state index is -0.162. The zero-order chi connectivity index (χ0) is 30.2. The van der Waals surface area contributed by atoms with E-state index in [1.54, 1.807) is 0 Å². The van der Waals surface area contributed by atoms with Crippen LogP contribution in [0.5, 0.6) is 0 Å². The van der Waals surface area contributed by atoms with Crippen LogP contribution in [0.2, 0.25) is 0 Å². The number of aliphatic hydroxyl groups is 1. The molecular formula is C35H66N4O3. The Morgan fingerprint density at radius 1 is 0.881 bits per heavy atom. The van der Waals surface area contributed by atoms with Crippen LogP contribution in [0, 0.1) is 46.3 Å². The third kappa shape index (κ3) is 7.91. The van der Waals surface area contributed by atoms with Crippen LogP contribution in [0.15, 0.2) is 0 Å². The monoisotopic (exact) mass is 591 g/mol. The molecule has 0 spiro atoms. The highest BCUT2D eigenvalue weighted by atomic mass is 16.5. The highest BCUT2D eigenvalue weighted by molar-refractivity contribution is 5.69. The van der Waals surface area contributed by atoms with Gasteiger partial charge in [-0.05, 0) is 169 Å². The van der Waals surface area contributed by atoms with Gasteiger partial charge in [-0.25, -0.2) is 0 Å². The summed E-state index contributed by atoms with van der Waals surface area (Å²) < 4.78 is 4.93. The summed E-state index contributed by atoms with van der Waals surface area (Å²) >= 11 is 0. The van der Waals surface area contributed by atoms with Crippen molar-refractivity contribution in [3.05, 3.63) is 0 Å². The molecule has 0 aromatic carbocycles. The minimum Gasteiger partial charge on any atom is -0.469 e. The Morgan fingerprint density at radius 2 is 1.55 bits per heavy atom. The fourth-order valence-electron chi connectivity index (χ4n) is 10.6. The molecule has 4 rings (SSSR count). The fraction of sp³-hybridized carbons (Fsp3) is 0.971. The zero-order valence-corrected chi connectivity index (χ0v) is 27.6. The molecule has 0 aromatic rings. The summed E-state index contributed by atoms with van der Waals surface area (Å²) in [5, 5.41) is 22.6. The van der Waals surface area contributed by atoms with E-state index in [4.69, 9.17) is 10.5 Å². The van der Waals surface area contributed by atoms with Crippen molar-refractivity contribution in [2.24, 2.45) is 52.1 Å². The Hall–Kier alpha value is -0.730. The van der Waals surface area contributed by atoms with Crippen LogP contribution in [0.25, 0.3) is 0 Å². The SMILES string of the molecule is COC(=O)CCC(C)C1CCC2C3CC(O)C4CC(NCCCNCCCCNCCCN)CCC4(C)C3CCC12C. The van der Waals surface area contributed by atoms with Crippen LogP contribution in [0.3, 0.4) is 0 Å². The first-order valence-corrected chi connectivity index (χ1v) is 17.8. The van der Waals surface area contributed by atoms with Crippen molar-refractivity contribution in [2.75, 3.05) is 46.4 Å². The molecule has 7 heteroatoms. The second-order valence-electron chi connectivity index (χ2n) is 15.2. The molecule has 4 saturated carbocycles. The maximum Gasteiger partial charge on any atom is 0.305 e. The number of fused-ring (bicyclic) bond motifs is 5. The van der Waals surface area contributed by atoms with Crippen molar-refractivity contribution in [1.29, 1.82) is 0 Å². The van der Waals surface area contributed by atoms with E-state index in [2.05, 4.69) is 36.7 Å². The van der Waals surface area contributed by atoms with Gasteiger partial charge in [0.2, 0.25) is 0 Å². The zero-order valence-electron chi connectivity index (χ0n) is 27.6. The molecule has 7 nitrogen and oxygen atoms in total. The molecule has 0 aromatic heterocycles. The molecule has 0 saturated heterocycles. The summed E-state index contributed by atoms with van der Waals surface area (Å²) in [5.41, 5.74) is 6.16. The number of carbonyl (C=O) groups is 1. The first-order chi connectivity index (χ1) is 20.2. The standard InChI is InChI=1S/C35H66N4O3/c1-25(9-12-33(41)42-4)28-10-11-29-27-24-32(40)31-23-26(13-15-35(31,3)30(27)14-16-34(28,29)2)39-22-8-21-38-19-6-5-18-37-20-7-17-36/h25-32,37-40H,5-24,36H2,1-4H3. The van der Waals surface area contributed by atoms with Crippen molar-refractivity contribution < 1.29 is 14.6 Å². The quantitative estimate of drug-likeness (QED) is 0.122. The van der Waals surface area contributed by atoms with Gasteiger partial charge in [0.1, 0.15) is 0 Å². The maximum atomic E-state index is 11.8. The van der Waals surface area contributed by atoms with Crippen molar-refractivity contribution in [3.8, 4) is 0 Å². The summed E-state index contributed by atoms with van der Waals surface area (Å²) in [6.07, 6.45) is 15.9. The third-order valence-corrected chi connectivity index (χ3v) is 12.9. The molecule has 42 heavy (non-hydrogen) atoms. The fourth-order valence-corrected chi connectivity index (χ4v) is 10.6. The molecule has 10 atom stereocenters. The number of carbonyl (C=O) groups excluding carboxylic acids is 1. The number of aliphatic hydroxyl groups excluding tert-OH is 1. The average molecular weight is 591 g/mol. The van der Waals surface area contributed by atoms with Gasteiger partial charge in [0, 0.05) is 12.5 Å². The number of methoxy groups -OCH3 is 1. The van der Waals surface area contributed by atoms with Crippen molar-refractivity contribution >= 4 is 5.97 Å². The predicted octanol–water partition coefficient (Wildman–Crippen LogP) is 4.86. The second-order valence-corrected chi connectivity index (χ2v) is 15.2. The van der Waals surface area contributed by atoms with Gasteiger partial charge in [-0.2, -0.15) is 0 Å². The topological polar surface area (TPSA) is 109 Å². The van der Waals surface area contributed by atoms with Crippen LogP contribution in [-0.2, 0) is 9.53 Å². The molecule has 0 heterocycles.